The van der Waals surface area contributed by atoms with Gasteiger partial charge in [-0.15, -0.1) is 0 Å². The van der Waals surface area contributed by atoms with Crippen molar-refractivity contribution in [1.82, 2.24) is 0 Å². The highest BCUT2D eigenvalue weighted by Crippen LogP contribution is 2.13. The number of methoxy groups -OCH3 is 1. The molecule has 2 aromatic rings. The van der Waals surface area contributed by atoms with E-state index in [0.29, 0.717) is 11.1 Å². The Bertz CT molecular complexity index is 544. The molecule has 0 saturated heterocycles. The molecule has 2 aromatic carbocycles. The van der Waals surface area contributed by atoms with Gasteiger partial charge in [0.2, 0.25) is 0 Å². The number of esters is 1. The van der Waals surface area contributed by atoms with E-state index in [0.717, 1.165) is 17.5 Å². The summed E-state index contributed by atoms with van der Waals surface area (Å²) in [6.45, 7) is -0.436. The summed E-state index contributed by atoms with van der Waals surface area (Å²) in [4.78, 5) is 11.3. The molecule has 0 N–H and O–H groups in total. The lowest BCUT2D eigenvalue weighted by Crippen LogP contribution is -2.01. The Morgan fingerprint density at radius 2 is 1.42 bits per heavy atom. The van der Waals surface area contributed by atoms with E-state index in [-0.39, 0.29) is 5.97 Å². The van der Waals surface area contributed by atoms with Crippen molar-refractivity contribution in [3.05, 3.63) is 70.8 Å². The first-order valence-electron chi connectivity index (χ1n) is 6.04. The van der Waals surface area contributed by atoms with Crippen LogP contribution < -0.4 is 0 Å². The molecular weight excluding hydrogens is 243 g/mol. The maximum atomic E-state index is 12.4. The summed E-state index contributed by atoms with van der Waals surface area (Å²) in [6, 6.07) is 14.7. The lowest BCUT2D eigenvalue weighted by atomic mass is 10.0. The fourth-order valence-corrected chi connectivity index (χ4v) is 1.86. The lowest BCUT2D eigenvalue weighted by Gasteiger charge is -2.04. The summed E-state index contributed by atoms with van der Waals surface area (Å²) in [6.07, 6.45) is 0.758. The average Bonchev–Trinajstić information content (AvgIpc) is 2.48. The quantitative estimate of drug-likeness (QED) is 0.784. The van der Waals surface area contributed by atoms with Crippen molar-refractivity contribution in [1.29, 1.82) is 0 Å². The molecule has 0 amide bonds. The summed E-state index contributed by atoms with van der Waals surface area (Å²) in [5.41, 5.74) is 3.44. The second kappa shape index (κ2) is 6.14. The highest BCUT2D eigenvalue weighted by molar-refractivity contribution is 5.89. The fraction of sp³-hybridized carbons (Fsp3) is 0.188. The molecule has 3 heteroatoms. The van der Waals surface area contributed by atoms with Crippen molar-refractivity contribution in [2.24, 2.45) is 0 Å². The molecule has 0 unspecified atom stereocenters. The number of hydrogen-bond acceptors (Lipinski definition) is 2. The SMILES string of the molecule is COC(=O)c1ccc(Cc2ccc(CF)cc2)cc1. The van der Waals surface area contributed by atoms with Crippen molar-refractivity contribution >= 4 is 5.97 Å². The van der Waals surface area contributed by atoms with E-state index in [1.165, 1.54) is 7.11 Å². The molecule has 98 valence electrons. The molecule has 0 heterocycles. The van der Waals surface area contributed by atoms with Crippen molar-refractivity contribution < 1.29 is 13.9 Å². The van der Waals surface area contributed by atoms with E-state index in [1.54, 1.807) is 24.3 Å². The second-order valence-electron chi connectivity index (χ2n) is 4.32. The number of carbonyl (C=O) groups excluding carboxylic acids is 1. The zero-order valence-electron chi connectivity index (χ0n) is 10.7. The summed E-state index contributed by atoms with van der Waals surface area (Å²) in [7, 11) is 1.36. The van der Waals surface area contributed by atoms with Crippen LogP contribution in [0.1, 0.15) is 27.0 Å². The van der Waals surface area contributed by atoms with Gasteiger partial charge in [-0.3, -0.25) is 0 Å². The van der Waals surface area contributed by atoms with Gasteiger partial charge in [0, 0.05) is 0 Å². The number of ether oxygens (including phenoxy) is 1. The number of halogens is 1. The Kier molecular flexibility index (Phi) is 4.29. The lowest BCUT2D eigenvalue weighted by molar-refractivity contribution is 0.0600. The van der Waals surface area contributed by atoms with Crippen LogP contribution in [-0.4, -0.2) is 13.1 Å². The number of alkyl halides is 1. The Hall–Kier alpha value is -2.16. The third-order valence-electron chi connectivity index (χ3n) is 2.96. The van der Waals surface area contributed by atoms with Crippen LogP contribution in [0.25, 0.3) is 0 Å². The Balaban J connectivity index is 2.08. The van der Waals surface area contributed by atoms with Gasteiger partial charge in [-0.05, 0) is 35.2 Å². The third kappa shape index (κ3) is 3.41. The van der Waals surface area contributed by atoms with Crippen LogP contribution >= 0.6 is 0 Å². The minimum atomic E-state index is -0.436. The highest BCUT2D eigenvalue weighted by atomic mass is 19.1. The van der Waals surface area contributed by atoms with E-state index in [9.17, 15) is 9.18 Å². The normalized spacial score (nSPS) is 10.2. The molecule has 0 bridgehead atoms. The number of rotatable bonds is 4. The molecule has 0 aliphatic carbocycles. The predicted molar refractivity (Wildman–Crippen MR) is 71.8 cm³/mol. The topological polar surface area (TPSA) is 26.3 Å². The standard InChI is InChI=1S/C16H15FO2/c1-19-16(18)15-8-6-13(7-9-15)10-12-2-4-14(11-17)5-3-12/h2-9H,10-11H2,1H3. The minimum Gasteiger partial charge on any atom is -0.465 e. The second-order valence-corrected chi connectivity index (χ2v) is 4.32. The predicted octanol–water partition coefficient (Wildman–Crippen LogP) is 3.53. The van der Waals surface area contributed by atoms with Crippen molar-refractivity contribution in [3.8, 4) is 0 Å². The Morgan fingerprint density at radius 3 is 1.89 bits per heavy atom. The Morgan fingerprint density at radius 1 is 0.947 bits per heavy atom. The summed E-state index contributed by atoms with van der Waals surface area (Å²) >= 11 is 0. The van der Waals surface area contributed by atoms with Gasteiger partial charge >= 0.3 is 5.97 Å². The van der Waals surface area contributed by atoms with E-state index in [2.05, 4.69) is 4.74 Å². The van der Waals surface area contributed by atoms with E-state index < -0.39 is 6.67 Å². The van der Waals surface area contributed by atoms with Crippen LogP contribution in [-0.2, 0) is 17.8 Å². The third-order valence-corrected chi connectivity index (χ3v) is 2.96. The van der Waals surface area contributed by atoms with Gasteiger partial charge in [-0.1, -0.05) is 36.4 Å². The van der Waals surface area contributed by atoms with Crippen LogP contribution in [0, 0.1) is 0 Å². The van der Waals surface area contributed by atoms with E-state index in [1.807, 2.05) is 24.3 Å². The van der Waals surface area contributed by atoms with Gasteiger partial charge in [0.1, 0.15) is 6.67 Å². The molecule has 0 aromatic heterocycles. The van der Waals surface area contributed by atoms with Crippen molar-refractivity contribution in [2.75, 3.05) is 7.11 Å². The van der Waals surface area contributed by atoms with Crippen molar-refractivity contribution in [2.45, 2.75) is 13.1 Å². The summed E-state index contributed by atoms with van der Waals surface area (Å²) in [5.74, 6) is -0.334. The molecule has 0 aliphatic heterocycles. The molecular formula is C16H15FO2. The molecule has 0 fully saturated rings. The highest BCUT2D eigenvalue weighted by Gasteiger charge is 2.04. The maximum Gasteiger partial charge on any atom is 0.337 e. The van der Waals surface area contributed by atoms with Crippen molar-refractivity contribution in [3.63, 3.8) is 0 Å². The van der Waals surface area contributed by atoms with Crippen LogP contribution in [0.15, 0.2) is 48.5 Å². The molecule has 0 radical (unpaired) electrons. The van der Waals surface area contributed by atoms with Crippen LogP contribution in [0.5, 0.6) is 0 Å². The first-order valence-corrected chi connectivity index (χ1v) is 6.04. The molecule has 2 nitrogen and oxygen atoms in total. The zero-order valence-corrected chi connectivity index (χ0v) is 10.7. The van der Waals surface area contributed by atoms with E-state index >= 15 is 0 Å². The molecule has 0 saturated carbocycles. The number of carbonyl (C=O) groups is 1. The van der Waals surface area contributed by atoms with Crippen LogP contribution in [0.3, 0.4) is 0 Å². The maximum absolute atomic E-state index is 12.4. The zero-order chi connectivity index (χ0) is 13.7. The van der Waals surface area contributed by atoms with Crippen LogP contribution in [0.2, 0.25) is 0 Å². The first kappa shape index (κ1) is 13.3. The molecule has 0 spiro atoms. The van der Waals surface area contributed by atoms with Gasteiger partial charge < -0.3 is 4.74 Å². The summed E-state index contributed by atoms with van der Waals surface area (Å²) in [5, 5.41) is 0. The largest absolute Gasteiger partial charge is 0.465 e. The van der Waals surface area contributed by atoms with Gasteiger partial charge in [0.05, 0.1) is 12.7 Å². The van der Waals surface area contributed by atoms with E-state index in [4.69, 9.17) is 0 Å². The molecule has 0 aliphatic rings. The minimum absolute atomic E-state index is 0.334. The van der Waals surface area contributed by atoms with Crippen LogP contribution in [0.4, 0.5) is 4.39 Å². The van der Waals surface area contributed by atoms with Gasteiger partial charge in [-0.25, -0.2) is 9.18 Å². The van der Waals surface area contributed by atoms with Gasteiger partial charge in [0.25, 0.3) is 0 Å². The van der Waals surface area contributed by atoms with Gasteiger partial charge in [0.15, 0.2) is 0 Å². The number of benzene rings is 2. The smallest absolute Gasteiger partial charge is 0.337 e. The molecule has 2 rings (SSSR count). The fourth-order valence-electron chi connectivity index (χ4n) is 1.86. The monoisotopic (exact) mass is 258 g/mol. The average molecular weight is 258 g/mol. The number of hydrogen-bond donors (Lipinski definition) is 0. The van der Waals surface area contributed by atoms with Gasteiger partial charge in [-0.2, -0.15) is 0 Å². The first-order chi connectivity index (χ1) is 9.22. The molecule has 0 atom stereocenters. The molecule has 19 heavy (non-hydrogen) atoms. The Labute approximate surface area is 111 Å². The summed E-state index contributed by atoms with van der Waals surface area (Å²) < 4.78 is 17.0.